The summed E-state index contributed by atoms with van der Waals surface area (Å²) in [5.41, 5.74) is 7.08. The summed E-state index contributed by atoms with van der Waals surface area (Å²) in [7, 11) is 3.49. The number of nitrogens with two attached hydrogens (primary N) is 1. The molecule has 0 radical (unpaired) electrons. The number of likely N-dealkylation sites (N-methyl/N-ethyl adjacent to an activating group) is 1. The van der Waals surface area contributed by atoms with Crippen molar-refractivity contribution in [3.8, 4) is 0 Å². The summed E-state index contributed by atoms with van der Waals surface area (Å²) in [6, 6.07) is 0. The molecule has 0 atom stereocenters. The molecule has 0 aliphatic heterocycles. The molecule has 0 aliphatic rings. The lowest BCUT2D eigenvalue weighted by atomic mass is 10.5. The number of imidazole rings is 1. The SMILES string of the molecule is CON(C)CCn1cnc2c(N)ncnc21. The number of rotatable bonds is 4. The molecule has 0 fully saturated rings. The standard InChI is InChI=1S/C9H14N6O/c1-14(16-2)3-4-15-6-13-7-8(10)11-5-12-9(7)15/h5-6H,3-4H2,1-2H3,(H2,10,11,12). The Hall–Kier alpha value is -1.73. The van der Waals surface area contributed by atoms with Crippen LogP contribution in [-0.2, 0) is 11.4 Å². The van der Waals surface area contributed by atoms with Gasteiger partial charge in [-0.15, -0.1) is 0 Å². The number of nitrogen functional groups attached to an aromatic ring is 1. The van der Waals surface area contributed by atoms with E-state index in [-0.39, 0.29) is 0 Å². The molecule has 0 saturated carbocycles. The molecule has 2 N–H and O–H groups in total. The molecule has 0 amide bonds. The van der Waals surface area contributed by atoms with Crippen molar-refractivity contribution >= 4 is 17.0 Å². The quantitative estimate of drug-likeness (QED) is 0.727. The molecule has 16 heavy (non-hydrogen) atoms. The normalized spacial score (nSPS) is 11.4. The summed E-state index contributed by atoms with van der Waals surface area (Å²) >= 11 is 0. The van der Waals surface area contributed by atoms with Gasteiger partial charge in [0.15, 0.2) is 11.5 Å². The van der Waals surface area contributed by atoms with Crippen LogP contribution >= 0.6 is 0 Å². The van der Waals surface area contributed by atoms with Gasteiger partial charge >= 0.3 is 0 Å². The molecule has 86 valence electrons. The second-order valence-corrected chi connectivity index (χ2v) is 3.40. The molecule has 0 spiro atoms. The van der Waals surface area contributed by atoms with Crippen LogP contribution in [0, 0.1) is 0 Å². The molecular formula is C9H14N6O. The summed E-state index contributed by atoms with van der Waals surface area (Å²) in [6.07, 6.45) is 3.15. The highest BCUT2D eigenvalue weighted by atomic mass is 16.7. The molecule has 2 aromatic heterocycles. The van der Waals surface area contributed by atoms with Crippen molar-refractivity contribution in [2.75, 3.05) is 26.4 Å². The summed E-state index contributed by atoms with van der Waals surface area (Å²) in [5, 5.41) is 1.73. The molecule has 0 saturated heterocycles. The fourth-order valence-corrected chi connectivity index (χ4v) is 1.40. The van der Waals surface area contributed by atoms with Crippen molar-refractivity contribution < 1.29 is 4.84 Å². The van der Waals surface area contributed by atoms with Gasteiger partial charge in [-0.25, -0.2) is 15.0 Å². The van der Waals surface area contributed by atoms with Crippen molar-refractivity contribution in [2.45, 2.75) is 6.54 Å². The number of hydrogen-bond acceptors (Lipinski definition) is 6. The maximum absolute atomic E-state index is 5.69. The van der Waals surface area contributed by atoms with Gasteiger partial charge in [-0.1, -0.05) is 0 Å². The Morgan fingerprint density at radius 2 is 2.25 bits per heavy atom. The van der Waals surface area contributed by atoms with Gasteiger partial charge in [-0.05, 0) is 0 Å². The number of hydrogen-bond donors (Lipinski definition) is 1. The minimum absolute atomic E-state index is 0.406. The third kappa shape index (κ3) is 1.95. The van der Waals surface area contributed by atoms with E-state index >= 15 is 0 Å². The van der Waals surface area contributed by atoms with Crippen LogP contribution < -0.4 is 5.73 Å². The maximum Gasteiger partial charge on any atom is 0.165 e. The minimum Gasteiger partial charge on any atom is -0.382 e. The van der Waals surface area contributed by atoms with Gasteiger partial charge in [-0.2, -0.15) is 5.06 Å². The molecule has 2 rings (SSSR count). The van der Waals surface area contributed by atoms with Crippen LogP contribution in [0.15, 0.2) is 12.7 Å². The highest BCUT2D eigenvalue weighted by molar-refractivity contribution is 5.80. The second-order valence-electron chi connectivity index (χ2n) is 3.40. The topological polar surface area (TPSA) is 82.1 Å². The first kappa shape index (κ1) is 10.8. The number of fused-ring (bicyclic) bond motifs is 1. The molecule has 0 unspecified atom stereocenters. The lowest BCUT2D eigenvalue weighted by molar-refractivity contribution is -0.110. The highest BCUT2D eigenvalue weighted by Gasteiger charge is 2.07. The van der Waals surface area contributed by atoms with Crippen LogP contribution in [0.4, 0.5) is 5.82 Å². The number of hydroxylamine groups is 2. The summed E-state index contributed by atoms with van der Waals surface area (Å²) in [4.78, 5) is 17.2. The van der Waals surface area contributed by atoms with Crippen LogP contribution in [0.25, 0.3) is 11.2 Å². The van der Waals surface area contributed by atoms with Crippen molar-refractivity contribution in [3.05, 3.63) is 12.7 Å². The Kier molecular flexibility index (Phi) is 2.97. The lowest BCUT2D eigenvalue weighted by Crippen LogP contribution is -2.21. The van der Waals surface area contributed by atoms with Gasteiger partial charge in [0.05, 0.1) is 13.4 Å². The third-order valence-electron chi connectivity index (χ3n) is 2.40. The summed E-state index contributed by atoms with van der Waals surface area (Å²) in [5.74, 6) is 0.406. The van der Waals surface area contributed by atoms with Crippen molar-refractivity contribution in [3.63, 3.8) is 0 Å². The van der Waals surface area contributed by atoms with E-state index < -0.39 is 0 Å². The van der Waals surface area contributed by atoms with E-state index in [4.69, 9.17) is 10.6 Å². The van der Waals surface area contributed by atoms with Gasteiger partial charge in [-0.3, -0.25) is 0 Å². The van der Waals surface area contributed by atoms with Crippen LogP contribution in [-0.4, -0.2) is 45.3 Å². The van der Waals surface area contributed by atoms with E-state index in [1.807, 2.05) is 11.6 Å². The molecule has 0 aliphatic carbocycles. The van der Waals surface area contributed by atoms with Crippen molar-refractivity contribution in [2.24, 2.45) is 0 Å². The maximum atomic E-state index is 5.69. The zero-order valence-corrected chi connectivity index (χ0v) is 9.29. The van der Waals surface area contributed by atoms with Crippen LogP contribution in [0.5, 0.6) is 0 Å². The van der Waals surface area contributed by atoms with Crippen LogP contribution in [0.3, 0.4) is 0 Å². The average molecular weight is 222 g/mol. The van der Waals surface area contributed by atoms with Crippen LogP contribution in [0.1, 0.15) is 0 Å². The Bertz CT molecular complexity index is 482. The largest absolute Gasteiger partial charge is 0.382 e. The lowest BCUT2D eigenvalue weighted by Gasteiger charge is -2.13. The predicted octanol–water partition coefficient (Wildman–Crippen LogP) is -0.0983. The zero-order valence-electron chi connectivity index (χ0n) is 9.29. The minimum atomic E-state index is 0.406. The average Bonchev–Trinajstić information content (AvgIpc) is 2.70. The Morgan fingerprint density at radius 1 is 1.44 bits per heavy atom. The molecule has 0 aromatic carbocycles. The van der Waals surface area contributed by atoms with Gasteiger partial charge in [0, 0.05) is 20.1 Å². The van der Waals surface area contributed by atoms with E-state index in [1.165, 1.54) is 6.33 Å². The Labute approximate surface area is 92.8 Å². The monoisotopic (exact) mass is 222 g/mol. The Balaban J connectivity index is 2.22. The first-order valence-corrected chi connectivity index (χ1v) is 4.89. The van der Waals surface area contributed by atoms with Crippen LogP contribution in [0.2, 0.25) is 0 Å². The molecule has 0 bridgehead atoms. The van der Waals surface area contributed by atoms with Crippen molar-refractivity contribution in [1.29, 1.82) is 0 Å². The highest BCUT2D eigenvalue weighted by Crippen LogP contribution is 2.13. The number of aromatic nitrogens is 4. The predicted molar refractivity (Wildman–Crippen MR) is 59.4 cm³/mol. The van der Waals surface area contributed by atoms with Gasteiger partial charge in [0.1, 0.15) is 11.8 Å². The van der Waals surface area contributed by atoms with E-state index in [2.05, 4.69) is 15.0 Å². The van der Waals surface area contributed by atoms with Gasteiger partial charge in [0.2, 0.25) is 0 Å². The summed E-state index contributed by atoms with van der Waals surface area (Å²) in [6.45, 7) is 1.48. The molecule has 2 heterocycles. The fourth-order valence-electron chi connectivity index (χ4n) is 1.40. The smallest absolute Gasteiger partial charge is 0.165 e. The first-order chi connectivity index (χ1) is 7.72. The third-order valence-corrected chi connectivity index (χ3v) is 2.40. The fraction of sp³-hybridized carbons (Fsp3) is 0.444. The Morgan fingerprint density at radius 3 is 3.00 bits per heavy atom. The van der Waals surface area contributed by atoms with Gasteiger partial charge < -0.3 is 15.1 Å². The molecular weight excluding hydrogens is 208 g/mol. The molecule has 2 aromatic rings. The van der Waals surface area contributed by atoms with E-state index in [1.54, 1.807) is 18.5 Å². The number of anilines is 1. The van der Waals surface area contributed by atoms with Crippen molar-refractivity contribution in [1.82, 2.24) is 24.6 Å². The van der Waals surface area contributed by atoms with E-state index in [9.17, 15) is 0 Å². The molecule has 7 heteroatoms. The second kappa shape index (κ2) is 4.42. The summed E-state index contributed by atoms with van der Waals surface area (Å²) < 4.78 is 1.92. The van der Waals surface area contributed by atoms with Gasteiger partial charge in [0.25, 0.3) is 0 Å². The van der Waals surface area contributed by atoms with E-state index in [0.717, 1.165) is 18.7 Å². The zero-order chi connectivity index (χ0) is 11.5. The van der Waals surface area contributed by atoms with E-state index in [0.29, 0.717) is 11.3 Å². The number of nitrogens with zero attached hydrogens (tertiary/aromatic N) is 5. The first-order valence-electron chi connectivity index (χ1n) is 4.89. The molecule has 7 nitrogen and oxygen atoms in total.